The lowest BCUT2D eigenvalue weighted by atomic mass is 9.77. The molecule has 0 saturated heterocycles. The molecule has 0 heterocycles. The van der Waals surface area contributed by atoms with Crippen molar-refractivity contribution in [1.29, 1.82) is 10.5 Å². The zero-order valence-corrected chi connectivity index (χ0v) is 32.9. The summed E-state index contributed by atoms with van der Waals surface area (Å²) in [6.45, 7) is 4.52. The van der Waals surface area contributed by atoms with Gasteiger partial charge in [-0.2, -0.15) is 10.5 Å². The molecule has 55 heavy (non-hydrogen) atoms. The van der Waals surface area contributed by atoms with Gasteiger partial charge in [0.25, 0.3) is 0 Å². The number of unbranched alkanes of at least 4 members (excludes halogenated alkanes) is 4. The van der Waals surface area contributed by atoms with Gasteiger partial charge >= 0.3 is 0 Å². The molecule has 0 bridgehead atoms. The average molecular weight is 741 g/mol. The molecule has 2 saturated carbocycles. The van der Waals surface area contributed by atoms with Gasteiger partial charge in [-0.05, 0) is 122 Å². The van der Waals surface area contributed by atoms with E-state index in [1.165, 1.54) is 126 Å². The van der Waals surface area contributed by atoms with Gasteiger partial charge in [0.15, 0.2) is 0 Å². The van der Waals surface area contributed by atoms with E-state index >= 15 is 8.78 Å². The summed E-state index contributed by atoms with van der Waals surface area (Å²) in [4.78, 5) is 0. The van der Waals surface area contributed by atoms with Crippen molar-refractivity contribution in [2.75, 3.05) is 0 Å². The van der Waals surface area contributed by atoms with Gasteiger partial charge in [-0.15, -0.1) is 0 Å². The summed E-state index contributed by atoms with van der Waals surface area (Å²) in [6.07, 6.45) is 18.4. The van der Waals surface area contributed by atoms with Crippen molar-refractivity contribution in [2.45, 2.75) is 141 Å². The fourth-order valence-corrected chi connectivity index (χ4v) is 9.24. The van der Waals surface area contributed by atoms with Crippen LogP contribution >= 0.6 is 0 Å². The van der Waals surface area contributed by atoms with Crippen LogP contribution in [0.1, 0.15) is 185 Å². The van der Waals surface area contributed by atoms with Gasteiger partial charge in [0, 0.05) is 11.1 Å². The van der Waals surface area contributed by atoms with Crippen LogP contribution in [0, 0.1) is 46.1 Å². The van der Waals surface area contributed by atoms with E-state index in [4.69, 9.17) is 4.74 Å². The number of halogens is 2. The zero-order chi connectivity index (χ0) is 38.6. The van der Waals surface area contributed by atoms with Gasteiger partial charge in [0.05, 0.1) is 23.3 Å². The Morgan fingerprint density at radius 1 is 0.545 bits per heavy atom. The van der Waals surface area contributed by atoms with Crippen LogP contribution in [0.2, 0.25) is 0 Å². The first-order valence-corrected chi connectivity index (χ1v) is 21.1. The summed E-state index contributed by atoms with van der Waals surface area (Å²) in [5, 5.41) is 19.0. The van der Waals surface area contributed by atoms with Crippen LogP contribution in [0.3, 0.4) is 0 Å². The van der Waals surface area contributed by atoms with Crippen LogP contribution in [-0.2, 0) is 4.74 Å². The second-order valence-electron chi connectivity index (χ2n) is 16.4. The van der Waals surface area contributed by atoms with Crippen LogP contribution in [0.25, 0.3) is 0 Å². The normalized spacial score (nSPS) is 21.0. The SMILES string of the molecule is CCCCCC1CCC(c2ccc(C(OC(c3ccc(C4CCC(CCCCC)CC4)cc3)c3ccc(C#N)cc3F)c3ccc(C#N)cc3F)cc2)CC1. The van der Waals surface area contributed by atoms with E-state index in [9.17, 15) is 10.5 Å². The summed E-state index contributed by atoms with van der Waals surface area (Å²) in [5.41, 5.74) is 5.10. The van der Waals surface area contributed by atoms with Crippen LogP contribution in [-0.4, -0.2) is 0 Å². The third-order valence-electron chi connectivity index (χ3n) is 12.6. The first-order valence-electron chi connectivity index (χ1n) is 21.1. The average Bonchev–Trinajstić information content (AvgIpc) is 3.22. The Morgan fingerprint density at radius 2 is 0.927 bits per heavy atom. The van der Waals surface area contributed by atoms with Crippen LogP contribution in [0.5, 0.6) is 0 Å². The topological polar surface area (TPSA) is 56.8 Å². The smallest absolute Gasteiger partial charge is 0.130 e. The maximum Gasteiger partial charge on any atom is 0.130 e. The van der Waals surface area contributed by atoms with Gasteiger partial charge in [-0.25, -0.2) is 8.78 Å². The minimum atomic E-state index is -0.890. The van der Waals surface area contributed by atoms with Crippen molar-refractivity contribution in [2.24, 2.45) is 11.8 Å². The molecule has 3 nitrogen and oxygen atoms in total. The largest absolute Gasteiger partial charge is 0.356 e. The summed E-state index contributed by atoms with van der Waals surface area (Å²) in [5.74, 6) is 1.55. The van der Waals surface area contributed by atoms with Gasteiger partial charge in [0.2, 0.25) is 0 Å². The van der Waals surface area contributed by atoms with E-state index < -0.39 is 23.8 Å². The number of hydrogen-bond donors (Lipinski definition) is 0. The molecule has 6 rings (SSSR count). The lowest BCUT2D eigenvalue weighted by Crippen LogP contribution is -2.17. The number of nitriles is 2. The maximum atomic E-state index is 16.0. The van der Waals surface area contributed by atoms with Crippen molar-refractivity contribution >= 4 is 0 Å². The van der Waals surface area contributed by atoms with Crippen molar-refractivity contribution in [3.63, 3.8) is 0 Å². The number of rotatable bonds is 16. The Kier molecular flexibility index (Phi) is 14.7. The Morgan fingerprint density at radius 3 is 1.25 bits per heavy atom. The first-order chi connectivity index (χ1) is 26.9. The number of benzene rings is 4. The van der Waals surface area contributed by atoms with E-state index in [0.717, 1.165) is 23.0 Å². The van der Waals surface area contributed by atoms with Crippen LogP contribution in [0.15, 0.2) is 84.9 Å². The van der Waals surface area contributed by atoms with E-state index in [-0.39, 0.29) is 22.3 Å². The fourth-order valence-electron chi connectivity index (χ4n) is 9.24. The van der Waals surface area contributed by atoms with Crippen molar-refractivity contribution in [3.05, 3.63) is 141 Å². The Hall–Kier alpha value is -4.32. The number of nitrogens with zero attached hydrogens (tertiary/aromatic N) is 2. The second-order valence-corrected chi connectivity index (χ2v) is 16.4. The number of hydrogen-bond acceptors (Lipinski definition) is 3. The fraction of sp³-hybridized carbons (Fsp3) is 0.480. The van der Waals surface area contributed by atoms with Gasteiger partial charge in [-0.1, -0.05) is 126 Å². The highest BCUT2D eigenvalue weighted by Gasteiger charge is 2.29. The van der Waals surface area contributed by atoms with E-state index in [2.05, 4.69) is 38.1 Å². The molecule has 2 unspecified atom stereocenters. The minimum Gasteiger partial charge on any atom is -0.356 e. The molecule has 4 aromatic carbocycles. The van der Waals surface area contributed by atoms with E-state index in [1.807, 2.05) is 36.4 Å². The quantitative estimate of drug-likeness (QED) is 0.107. The molecule has 5 heteroatoms. The Balaban J connectivity index is 1.28. The monoisotopic (exact) mass is 740 g/mol. The molecule has 0 spiro atoms. The third-order valence-corrected chi connectivity index (χ3v) is 12.6. The summed E-state index contributed by atoms with van der Waals surface area (Å²) >= 11 is 0. The zero-order valence-electron chi connectivity index (χ0n) is 32.9. The lowest BCUT2D eigenvalue weighted by Gasteiger charge is -2.30. The van der Waals surface area contributed by atoms with Crippen LogP contribution < -0.4 is 0 Å². The van der Waals surface area contributed by atoms with E-state index in [1.54, 1.807) is 24.3 Å². The molecule has 0 radical (unpaired) electrons. The minimum absolute atomic E-state index is 0.223. The standard InChI is InChI=1S/C50H58F2N2O/c1-3-5-7-9-35-11-17-39(18-12-35)41-21-25-43(26-22-41)49(45-29-15-37(33-53)31-47(45)51)55-50(46-30-16-38(34-54)32-48(46)52)44-27-23-42(24-28-44)40-19-13-36(14-20-40)10-8-6-4-2/h15-16,21-32,35-36,39-40,49-50H,3-14,17-20H2,1-2H3. The Labute approximate surface area is 328 Å². The predicted molar refractivity (Wildman–Crippen MR) is 218 cm³/mol. The molecular weight excluding hydrogens is 683 g/mol. The molecular formula is C50H58F2N2O. The molecule has 2 aliphatic carbocycles. The highest BCUT2D eigenvalue weighted by molar-refractivity contribution is 5.42. The molecule has 4 aromatic rings. The summed E-state index contributed by atoms with van der Waals surface area (Å²) < 4.78 is 38.9. The highest BCUT2D eigenvalue weighted by atomic mass is 19.1. The van der Waals surface area contributed by atoms with Crippen molar-refractivity contribution in [3.8, 4) is 12.1 Å². The van der Waals surface area contributed by atoms with Gasteiger partial charge in [0.1, 0.15) is 23.8 Å². The lowest BCUT2D eigenvalue weighted by molar-refractivity contribution is 0.0270. The molecule has 0 aromatic heterocycles. The first kappa shape index (κ1) is 40.3. The van der Waals surface area contributed by atoms with Crippen molar-refractivity contribution in [1.82, 2.24) is 0 Å². The molecule has 288 valence electrons. The second kappa shape index (κ2) is 20.0. The third kappa shape index (κ3) is 10.5. The molecule has 0 amide bonds. The summed E-state index contributed by atoms with van der Waals surface area (Å²) in [6, 6.07) is 29.7. The van der Waals surface area contributed by atoms with Gasteiger partial charge < -0.3 is 4.74 Å². The summed E-state index contributed by atoms with van der Waals surface area (Å²) in [7, 11) is 0. The Bertz CT molecular complexity index is 1750. The predicted octanol–water partition coefficient (Wildman–Crippen LogP) is 14.3. The highest BCUT2D eigenvalue weighted by Crippen LogP contribution is 2.42. The van der Waals surface area contributed by atoms with Crippen molar-refractivity contribution < 1.29 is 13.5 Å². The maximum absolute atomic E-state index is 16.0. The molecule has 0 aliphatic heterocycles. The molecule has 0 N–H and O–H groups in total. The molecule has 2 aliphatic rings. The van der Waals surface area contributed by atoms with Gasteiger partial charge in [-0.3, -0.25) is 0 Å². The molecule has 2 atom stereocenters. The number of ether oxygens (including phenoxy) is 1. The van der Waals surface area contributed by atoms with Crippen LogP contribution in [0.4, 0.5) is 8.78 Å². The van der Waals surface area contributed by atoms with E-state index in [0.29, 0.717) is 11.8 Å². The molecule has 2 fully saturated rings.